The first-order chi connectivity index (χ1) is 19.1. The van der Waals surface area contributed by atoms with Crippen molar-refractivity contribution in [2.45, 2.75) is 63.0 Å². The number of fused-ring (bicyclic) bond motifs is 1. The number of amides is 2. The summed E-state index contributed by atoms with van der Waals surface area (Å²) in [7, 11) is 1.39. The fourth-order valence-corrected chi connectivity index (χ4v) is 7.58. The molecule has 210 valence electrons. The molecule has 5 rings (SSSR count). The van der Waals surface area contributed by atoms with Crippen LogP contribution in [0.25, 0.3) is 0 Å². The highest BCUT2D eigenvalue weighted by Gasteiger charge is 2.35. The molecule has 0 bridgehead atoms. The van der Waals surface area contributed by atoms with Crippen molar-refractivity contribution in [1.29, 1.82) is 0 Å². The van der Waals surface area contributed by atoms with E-state index in [1.165, 1.54) is 30.2 Å². The van der Waals surface area contributed by atoms with Gasteiger partial charge in [0.25, 0.3) is 0 Å². The molecule has 8 heteroatoms. The highest BCUT2D eigenvalue weighted by atomic mass is 32.2. The van der Waals surface area contributed by atoms with Crippen LogP contribution < -0.4 is 10.6 Å². The molecule has 40 heavy (non-hydrogen) atoms. The number of ether oxygens (including phenoxy) is 1. The molecule has 2 aliphatic carbocycles. The lowest BCUT2D eigenvalue weighted by atomic mass is 9.72. The zero-order chi connectivity index (χ0) is 28.4. The van der Waals surface area contributed by atoms with E-state index in [1.807, 2.05) is 54.6 Å². The zero-order valence-corrected chi connectivity index (χ0v) is 25.0. The average molecular weight is 577 g/mol. The summed E-state index contributed by atoms with van der Waals surface area (Å²) in [5.74, 6) is 0.0430. The first kappa shape index (κ1) is 28.4. The van der Waals surface area contributed by atoms with E-state index in [0.717, 1.165) is 58.7 Å². The second kappa shape index (κ2) is 11.8. The van der Waals surface area contributed by atoms with Crippen LogP contribution in [0.2, 0.25) is 0 Å². The molecule has 1 fully saturated rings. The average Bonchev–Trinajstić information content (AvgIpc) is 3.73. The molecule has 2 N–H and O–H groups in total. The molecular formula is C32H36N2O4S2. The minimum absolute atomic E-state index is 0.0465. The van der Waals surface area contributed by atoms with Gasteiger partial charge < -0.3 is 15.4 Å². The van der Waals surface area contributed by atoms with Crippen molar-refractivity contribution in [3.05, 3.63) is 76.2 Å². The van der Waals surface area contributed by atoms with Crippen LogP contribution in [-0.2, 0) is 27.2 Å². The number of hydrogen-bond acceptors (Lipinski definition) is 6. The van der Waals surface area contributed by atoms with Crippen LogP contribution in [0.3, 0.4) is 0 Å². The van der Waals surface area contributed by atoms with Gasteiger partial charge in [0.15, 0.2) is 0 Å². The lowest BCUT2D eigenvalue weighted by molar-refractivity contribution is -0.117. The summed E-state index contributed by atoms with van der Waals surface area (Å²) in [5.41, 5.74) is 3.24. The molecule has 1 aromatic heterocycles. The number of esters is 1. The highest BCUT2D eigenvalue weighted by molar-refractivity contribution is 8.00. The van der Waals surface area contributed by atoms with Crippen molar-refractivity contribution < 1.29 is 19.1 Å². The summed E-state index contributed by atoms with van der Waals surface area (Å²) in [6.45, 7) is 6.77. The molecule has 0 spiro atoms. The van der Waals surface area contributed by atoms with Crippen molar-refractivity contribution in [3.63, 3.8) is 0 Å². The van der Waals surface area contributed by atoms with Crippen LogP contribution in [0, 0.1) is 17.3 Å². The van der Waals surface area contributed by atoms with Gasteiger partial charge in [-0.3, -0.25) is 9.59 Å². The molecule has 3 aromatic rings. The van der Waals surface area contributed by atoms with Gasteiger partial charge in [-0.1, -0.05) is 57.2 Å². The number of hydrogen-bond donors (Lipinski definition) is 2. The van der Waals surface area contributed by atoms with Gasteiger partial charge in [-0.15, -0.1) is 23.1 Å². The third-order valence-electron chi connectivity index (χ3n) is 7.76. The summed E-state index contributed by atoms with van der Waals surface area (Å²) in [5, 5.41) is 6.10. The van der Waals surface area contributed by atoms with Crippen molar-refractivity contribution in [2.24, 2.45) is 17.3 Å². The smallest absolute Gasteiger partial charge is 0.341 e. The van der Waals surface area contributed by atoms with Crippen molar-refractivity contribution >= 4 is 51.6 Å². The number of methoxy groups -OCH3 is 1. The van der Waals surface area contributed by atoms with Crippen molar-refractivity contribution in [2.75, 3.05) is 17.7 Å². The Balaban J connectivity index is 1.42. The summed E-state index contributed by atoms with van der Waals surface area (Å²) < 4.78 is 5.16. The third kappa shape index (κ3) is 6.44. The number of thiophene rings is 1. The maximum Gasteiger partial charge on any atom is 0.341 e. The largest absolute Gasteiger partial charge is 0.465 e. The number of rotatable bonds is 8. The lowest BCUT2D eigenvalue weighted by Gasteiger charge is -2.33. The Kier molecular flexibility index (Phi) is 8.38. The van der Waals surface area contributed by atoms with E-state index in [9.17, 15) is 14.4 Å². The van der Waals surface area contributed by atoms with Crippen molar-refractivity contribution in [1.82, 2.24) is 0 Å². The standard InChI is InChI=1S/C32H36N2O4S2/c1-32(2,3)21-15-16-24-25(17-21)40-30(26(24)31(37)38-4)34-29(36)27(19-9-6-5-7-10-19)39-23-12-8-11-22(18-23)33-28(35)20-13-14-20/h5-12,18,20-21,27H,13-17H2,1-4H3,(H,33,35)(H,34,36). The Morgan fingerprint density at radius 3 is 2.42 bits per heavy atom. The molecule has 1 heterocycles. The topological polar surface area (TPSA) is 84.5 Å². The first-order valence-electron chi connectivity index (χ1n) is 13.8. The fraction of sp³-hybridized carbons (Fsp3) is 0.406. The molecule has 2 aromatic carbocycles. The van der Waals surface area contributed by atoms with E-state index in [1.54, 1.807) is 0 Å². The van der Waals surface area contributed by atoms with E-state index < -0.39 is 11.2 Å². The van der Waals surface area contributed by atoms with E-state index in [-0.39, 0.29) is 23.1 Å². The molecule has 2 unspecified atom stereocenters. The van der Waals surface area contributed by atoms with Crippen molar-refractivity contribution in [3.8, 4) is 0 Å². The van der Waals surface area contributed by atoms with Crippen LogP contribution in [-0.4, -0.2) is 24.9 Å². The number of thioether (sulfide) groups is 1. The van der Waals surface area contributed by atoms with Crippen LogP contribution in [0.5, 0.6) is 0 Å². The molecule has 6 nitrogen and oxygen atoms in total. The summed E-state index contributed by atoms with van der Waals surface area (Å²) in [6, 6.07) is 17.2. The Bertz CT molecular complexity index is 1410. The van der Waals surface area contributed by atoms with Gasteiger partial charge in [0.2, 0.25) is 11.8 Å². The van der Waals surface area contributed by atoms with Gasteiger partial charge in [-0.2, -0.15) is 0 Å². The van der Waals surface area contributed by atoms with E-state index in [4.69, 9.17) is 4.74 Å². The third-order valence-corrected chi connectivity index (χ3v) is 10.2. The Morgan fingerprint density at radius 1 is 1.00 bits per heavy atom. The summed E-state index contributed by atoms with van der Waals surface area (Å²) >= 11 is 2.92. The first-order valence-corrected chi connectivity index (χ1v) is 15.5. The minimum atomic E-state index is -0.567. The number of carbonyl (C=O) groups excluding carboxylic acids is 3. The maximum absolute atomic E-state index is 13.9. The molecule has 0 radical (unpaired) electrons. The minimum Gasteiger partial charge on any atom is -0.465 e. The van der Waals surface area contributed by atoms with Crippen LogP contribution in [0.4, 0.5) is 10.7 Å². The van der Waals surface area contributed by atoms with Gasteiger partial charge in [0, 0.05) is 21.4 Å². The van der Waals surface area contributed by atoms with E-state index in [0.29, 0.717) is 16.5 Å². The second-order valence-electron chi connectivity index (χ2n) is 11.7. The molecule has 0 aliphatic heterocycles. The van der Waals surface area contributed by atoms with Crippen LogP contribution >= 0.6 is 23.1 Å². The lowest BCUT2D eigenvalue weighted by Crippen LogP contribution is -2.26. The van der Waals surface area contributed by atoms with Crippen LogP contribution in [0.1, 0.15) is 71.6 Å². The van der Waals surface area contributed by atoms with Crippen LogP contribution in [0.15, 0.2) is 59.5 Å². The van der Waals surface area contributed by atoms with Gasteiger partial charge in [0.1, 0.15) is 10.3 Å². The van der Waals surface area contributed by atoms with Gasteiger partial charge in [-0.25, -0.2) is 4.79 Å². The Morgan fingerprint density at radius 2 is 1.75 bits per heavy atom. The molecule has 1 saturated carbocycles. The summed E-state index contributed by atoms with van der Waals surface area (Å²) in [6.07, 6.45) is 4.56. The molecule has 2 aliphatic rings. The maximum atomic E-state index is 13.9. The Hall–Kier alpha value is -3.10. The monoisotopic (exact) mass is 576 g/mol. The zero-order valence-electron chi connectivity index (χ0n) is 23.4. The molecule has 2 atom stereocenters. The number of carbonyl (C=O) groups is 3. The van der Waals surface area contributed by atoms with E-state index >= 15 is 0 Å². The highest BCUT2D eigenvalue weighted by Crippen LogP contribution is 2.45. The molecule has 2 amide bonds. The Labute approximate surface area is 244 Å². The predicted molar refractivity (Wildman–Crippen MR) is 162 cm³/mol. The quantitative estimate of drug-likeness (QED) is 0.214. The van der Waals surface area contributed by atoms with Gasteiger partial charge >= 0.3 is 5.97 Å². The van der Waals surface area contributed by atoms with Gasteiger partial charge in [-0.05, 0) is 72.8 Å². The number of anilines is 2. The van der Waals surface area contributed by atoms with E-state index in [2.05, 4.69) is 31.4 Å². The summed E-state index contributed by atoms with van der Waals surface area (Å²) in [4.78, 5) is 41.2. The normalized spacial score (nSPS) is 17.4. The SMILES string of the molecule is COC(=O)c1c(NC(=O)C(Sc2cccc(NC(=O)C3CC3)c2)c2ccccc2)sc2c1CCC(C(C)(C)C)C2. The predicted octanol–water partition coefficient (Wildman–Crippen LogP) is 7.51. The second-order valence-corrected chi connectivity index (χ2v) is 14.0. The molecule has 0 saturated heterocycles. The fourth-order valence-electron chi connectivity index (χ4n) is 5.18. The van der Waals surface area contributed by atoms with Gasteiger partial charge in [0.05, 0.1) is 12.7 Å². The number of nitrogens with one attached hydrogen (secondary N) is 2. The molecular weight excluding hydrogens is 540 g/mol. The number of benzene rings is 2.